The standard InChI is InChI=1S/C26H23N3O4S.ClH/c1-29-22-14-20(32-15-18-5-3-2-4-6-18)11-12-21(22)27-24(29)16-33-19-9-7-17(8-10-19)13-23-25(30)28-26(31)34-23;/h2-12,14,23H,13,15-16H2,1H3,(H,28,30,31);1H. The van der Waals surface area contributed by atoms with Gasteiger partial charge in [-0.15, -0.1) is 12.4 Å². The highest BCUT2D eigenvalue weighted by molar-refractivity contribution is 8.15. The number of rotatable bonds is 8. The minimum absolute atomic E-state index is 0. The van der Waals surface area contributed by atoms with E-state index in [0.29, 0.717) is 25.4 Å². The Hall–Kier alpha value is -3.49. The maximum absolute atomic E-state index is 11.7. The fourth-order valence-electron chi connectivity index (χ4n) is 3.79. The molecule has 5 rings (SSSR count). The van der Waals surface area contributed by atoms with Crippen LogP contribution in [0.4, 0.5) is 4.79 Å². The van der Waals surface area contributed by atoms with Crippen molar-refractivity contribution >= 4 is 46.3 Å². The summed E-state index contributed by atoms with van der Waals surface area (Å²) in [5.74, 6) is 2.07. The molecule has 1 unspecified atom stereocenters. The van der Waals surface area contributed by atoms with Crippen LogP contribution >= 0.6 is 24.2 Å². The molecule has 2 amide bonds. The zero-order valence-corrected chi connectivity index (χ0v) is 20.6. The first-order valence-corrected chi connectivity index (χ1v) is 11.8. The fourth-order valence-corrected chi connectivity index (χ4v) is 4.65. The van der Waals surface area contributed by atoms with Crippen LogP contribution in [0.1, 0.15) is 17.0 Å². The van der Waals surface area contributed by atoms with Crippen LogP contribution in [0.3, 0.4) is 0 Å². The second kappa shape index (κ2) is 10.8. The van der Waals surface area contributed by atoms with Crippen molar-refractivity contribution in [3.05, 3.63) is 89.7 Å². The van der Waals surface area contributed by atoms with Gasteiger partial charge in [0.2, 0.25) is 5.91 Å². The molecular formula is C26H24ClN3O4S. The van der Waals surface area contributed by atoms with Crippen LogP contribution in [-0.4, -0.2) is 25.9 Å². The van der Waals surface area contributed by atoms with Crippen LogP contribution in [0.15, 0.2) is 72.8 Å². The van der Waals surface area contributed by atoms with Gasteiger partial charge in [0.25, 0.3) is 5.24 Å². The molecule has 0 bridgehead atoms. The first kappa shape index (κ1) is 24.6. The summed E-state index contributed by atoms with van der Waals surface area (Å²) in [7, 11) is 1.96. The normalized spacial score (nSPS) is 15.1. The van der Waals surface area contributed by atoms with Gasteiger partial charge in [0.15, 0.2) is 0 Å². The molecule has 9 heteroatoms. The van der Waals surface area contributed by atoms with Gasteiger partial charge < -0.3 is 14.0 Å². The minimum Gasteiger partial charge on any atom is -0.489 e. The summed E-state index contributed by atoms with van der Waals surface area (Å²) in [6, 6.07) is 23.5. The highest BCUT2D eigenvalue weighted by Gasteiger charge is 2.31. The molecule has 0 aliphatic carbocycles. The molecule has 1 N–H and O–H groups in total. The lowest BCUT2D eigenvalue weighted by Crippen LogP contribution is -2.25. The van der Waals surface area contributed by atoms with Crippen LogP contribution in [0.2, 0.25) is 0 Å². The van der Waals surface area contributed by atoms with Crippen LogP contribution < -0.4 is 14.8 Å². The molecule has 2 heterocycles. The number of imide groups is 1. The third kappa shape index (κ3) is 5.78. The zero-order valence-electron chi connectivity index (χ0n) is 19.0. The summed E-state index contributed by atoms with van der Waals surface area (Å²) in [5.41, 5.74) is 3.94. The number of benzene rings is 3. The molecule has 1 atom stereocenters. The average Bonchev–Trinajstić information content (AvgIpc) is 3.34. The van der Waals surface area contributed by atoms with Crippen LogP contribution in [0.5, 0.6) is 11.5 Å². The fraction of sp³-hybridized carbons (Fsp3) is 0.192. The Morgan fingerprint density at radius 3 is 2.34 bits per heavy atom. The van der Waals surface area contributed by atoms with E-state index in [0.717, 1.165) is 45.5 Å². The Morgan fingerprint density at radius 1 is 0.914 bits per heavy atom. The summed E-state index contributed by atoms with van der Waals surface area (Å²) in [4.78, 5) is 27.8. The van der Waals surface area contributed by atoms with Crippen molar-refractivity contribution in [1.82, 2.24) is 14.9 Å². The summed E-state index contributed by atoms with van der Waals surface area (Å²) in [6.45, 7) is 0.830. The number of carbonyl (C=O) groups excluding carboxylic acids is 2. The van der Waals surface area contributed by atoms with E-state index < -0.39 is 0 Å². The number of nitrogens with zero attached hydrogens (tertiary/aromatic N) is 2. The van der Waals surface area contributed by atoms with Crippen molar-refractivity contribution in [1.29, 1.82) is 0 Å². The van der Waals surface area contributed by atoms with Crippen LogP contribution in [0, 0.1) is 0 Å². The largest absolute Gasteiger partial charge is 0.489 e. The van der Waals surface area contributed by atoms with Gasteiger partial charge in [-0.3, -0.25) is 14.9 Å². The number of halogens is 1. The summed E-state index contributed by atoms with van der Waals surface area (Å²) in [5, 5.41) is 1.66. The molecule has 1 fully saturated rings. The smallest absolute Gasteiger partial charge is 0.286 e. The molecule has 35 heavy (non-hydrogen) atoms. The number of aromatic nitrogens is 2. The maximum Gasteiger partial charge on any atom is 0.286 e. The van der Waals surface area contributed by atoms with Gasteiger partial charge >= 0.3 is 0 Å². The van der Waals surface area contributed by atoms with Gasteiger partial charge in [0.1, 0.15) is 30.5 Å². The zero-order chi connectivity index (χ0) is 23.5. The van der Waals surface area contributed by atoms with Crippen molar-refractivity contribution < 1.29 is 19.1 Å². The van der Waals surface area contributed by atoms with Crippen LogP contribution in [0.25, 0.3) is 11.0 Å². The van der Waals surface area contributed by atoms with Crippen LogP contribution in [-0.2, 0) is 31.5 Å². The van der Waals surface area contributed by atoms with Gasteiger partial charge in [-0.25, -0.2) is 4.98 Å². The van der Waals surface area contributed by atoms with E-state index in [1.165, 1.54) is 0 Å². The SMILES string of the molecule is Cl.Cn1c(COc2ccc(CC3SC(=O)NC3=O)cc2)nc2ccc(OCc3ccccc3)cc21. The predicted octanol–water partition coefficient (Wildman–Crippen LogP) is 5.05. The van der Waals surface area contributed by atoms with Gasteiger partial charge in [-0.05, 0) is 41.8 Å². The van der Waals surface area contributed by atoms with E-state index >= 15 is 0 Å². The van der Waals surface area contributed by atoms with Crippen molar-refractivity contribution in [2.24, 2.45) is 7.05 Å². The number of thioether (sulfide) groups is 1. The summed E-state index contributed by atoms with van der Waals surface area (Å²) in [6.07, 6.45) is 0.502. The van der Waals surface area contributed by atoms with E-state index in [1.807, 2.05) is 84.4 Å². The maximum atomic E-state index is 11.7. The number of ether oxygens (including phenoxy) is 2. The molecule has 0 radical (unpaired) electrons. The molecule has 1 aliphatic heterocycles. The molecule has 4 aromatic rings. The van der Waals surface area contributed by atoms with Gasteiger partial charge in [-0.2, -0.15) is 0 Å². The second-order valence-corrected chi connectivity index (χ2v) is 9.21. The van der Waals surface area contributed by atoms with Gasteiger partial charge in [0.05, 0.1) is 16.3 Å². The Kier molecular flexibility index (Phi) is 7.63. The Labute approximate surface area is 213 Å². The van der Waals surface area contributed by atoms with E-state index in [2.05, 4.69) is 5.32 Å². The molecule has 0 spiro atoms. The number of fused-ring (bicyclic) bond motifs is 1. The quantitative estimate of drug-likeness (QED) is 0.358. The first-order valence-electron chi connectivity index (χ1n) is 10.9. The molecular weight excluding hydrogens is 486 g/mol. The van der Waals surface area contributed by atoms with Crippen molar-refractivity contribution in [3.63, 3.8) is 0 Å². The summed E-state index contributed by atoms with van der Waals surface area (Å²) < 4.78 is 13.9. The Bertz CT molecular complexity index is 1340. The van der Waals surface area contributed by atoms with E-state index in [1.54, 1.807) is 0 Å². The molecule has 180 valence electrons. The number of hydrogen-bond donors (Lipinski definition) is 1. The highest BCUT2D eigenvalue weighted by atomic mass is 35.5. The van der Waals surface area contributed by atoms with Crippen molar-refractivity contribution in [2.75, 3.05) is 0 Å². The Morgan fingerprint density at radius 2 is 1.63 bits per heavy atom. The lowest BCUT2D eigenvalue weighted by atomic mass is 10.1. The number of nitrogens with one attached hydrogen (secondary N) is 1. The molecule has 1 aromatic heterocycles. The number of hydrogen-bond acceptors (Lipinski definition) is 6. The van der Waals surface area contributed by atoms with Crippen molar-refractivity contribution in [3.8, 4) is 11.5 Å². The second-order valence-electron chi connectivity index (χ2n) is 8.03. The van der Waals surface area contributed by atoms with Gasteiger partial charge in [0, 0.05) is 13.1 Å². The number of imidazole rings is 1. The summed E-state index contributed by atoms with van der Waals surface area (Å²) >= 11 is 1.04. The Balaban J connectivity index is 0.00000289. The highest BCUT2D eigenvalue weighted by Crippen LogP contribution is 2.25. The number of amides is 2. The number of carbonyl (C=O) groups is 2. The van der Waals surface area contributed by atoms with E-state index in [-0.39, 0.29) is 28.8 Å². The molecule has 7 nitrogen and oxygen atoms in total. The van der Waals surface area contributed by atoms with E-state index in [9.17, 15) is 9.59 Å². The topological polar surface area (TPSA) is 82.5 Å². The number of aryl methyl sites for hydroxylation is 1. The molecule has 3 aromatic carbocycles. The predicted molar refractivity (Wildman–Crippen MR) is 138 cm³/mol. The lowest BCUT2D eigenvalue weighted by Gasteiger charge is -2.09. The first-order chi connectivity index (χ1) is 16.5. The average molecular weight is 510 g/mol. The molecule has 1 saturated heterocycles. The third-order valence-electron chi connectivity index (χ3n) is 5.67. The van der Waals surface area contributed by atoms with Gasteiger partial charge in [-0.1, -0.05) is 54.2 Å². The molecule has 1 aliphatic rings. The minimum atomic E-state index is -0.374. The van der Waals surface area contributed by atoms with Crippen molar-refractivity contribution in [2.45, 2.75) is 24.9 Å². The lowest BCUT2D eigenvalue weighted by molar-refractivity contribution is -0.118. The molecule has 0 saturated carbocycles. The monoisotopic (exact) mass is 509 g/mol. The third-order valence-corrected chi connectivity index (χ3v) is 6.65. The van der Waals surface area contributed by atoms with E-state index in [4.69, 9.17) is 14.5 Å².